The minimum atomic E-state index is 0.841. The first-order valence-corrected chi connectivity index (χ1v) is 9.74. The number of rotatable bonds is 4. The fraction of sp³-hybridized carbons (Fsp3) is 0.684. The predicted molar refractivity (Wildman–Crippen MR) is 99.0 cm³/mol. The van der Waals surface area contributed by atoms with Crippen molar-refractivity contribution in [2.75, 3.05) is 33.3 Å². The molecule has 0 atom stereocenters. The Labute approximate surface area is 149 Å². The van der Waals surface area contributed by atoms with Gasteiger partial charge in [0.05, 0.1) is 7.11 Å². The molecule has 0 radical (unpaired) electrons. The van der Waals surface area contributed by atoms with Gasteiger partial charge in [0.2, 0.25) is 0 Å². The van der Waals surface area contributed by atoms with Crippen LogP contribution in [0.4, 0.5) is 0 Å². The monoisotopic (exact) mass is 380 g/mol. The van der Waals surface area contributed by atoms with Crippen LogP contribution in [0, 0.1) is 5.92 Å². The zero-order chi connectivity index (χ0) is 16.2. The van der Waals surface area contributed by atoms with E-state index in [9.17, 15) is 0 Å². The molecule has 2 aliphatic rings. The molecular weight excluding hydrogens is 352 g/mol. The molecule has 0 spiro atoms. The number of ether oxygens (including phenoxy) is 1. The highest BCUT2D eigenvalue weighted by molar-refractivity contribution is 9.10. The lowest BCUT2D eigenvalue weighted by molar-refractivity contribution is 0.0686. The Morgan fingerprint density at radius 2 is 1.78 bits per heavy atom. The first kappa shape index (κ1) is 17.2. The largest absolute Gasteiger partial charge is 0.496 e. The van der Waals surface area contributed by atoms with Gasteiger partial charge in [-0.15, -0.1) is 0 Å². The van der Waals surface area contributed by atoms with Gasteiger partial charge in [0.1, 0.15) is 5.75 Å². The summed E-state index contributed by atoms with van der Waals surface area (Å²) in [5, 5.41) is 0. The first-order chi connectivity index (χ1) is 11.2. The highest BCUT2D eigenvalue weighted by Gasteiger charge is 2.27. The first-order valence-electron chi connectivity index (χ1n) is 8.94. The molecule has 23 heavy (non-hydrogen) atoms. The number of halogens is 1. The van der Waals surface area contributed by atoms with E-state index in [-0.39, 0.29) is 0 Å². The molecule has 1 saturated heterocycles. The van der Waals surface area contributed by atoms with Crippen LogP contribution < -0.4 is 4.74 Å². The third-order valence-corrected chi connectivity index (χ3v) is 6.04. The number of nitrogens with zero attached hydrogens (tertiary/aromatic N) is 2. The number of hydrogen-bond donors (Lipinski definition) is 0. The summed E-state index contributed by atoms with van der Waals surface area (Å²) in [5.41, 5.74) is 1.28. The summed E-state index contributed by atoms with van der Waals surface area (Å²) in [5.74, 6) is 1.94. The van der Waals surface area contributed by atoms with Gasteiger partial charge in [0.25, 0.3) is 0 Å². The smallest absolute Gasteiger partial charge is 0.123 e. The van der Waals surface area contributed by atoms with Crippen LogP contribution in [0.5, 0.6) is 5.75 Å². The molecule has 1 aromatic rings. The highest BCUT2D eigenvalue weighted by Crippen LogP contribution is 2.28. The van der Waals surface area contributed by atoms with Gasteiger partial charge in [0.15, 0.2) is 0 Å². The molecule has 2 fully saturated rings. The van der Waals surface area contributed by atoms with E-state index in [0.29, 0.717) is 0 Å². The Hall–Kier alpha value is -0.580. The molecule has 1 aliphatic carbocycles. The third-order valence-electron chi connectivity index (χ3n) is 5.55. The molecule has 0 bridgehead atoms. The second kappa shape index (κ2) is 8.00. The van der Waals surface area contributed by atoms with E-state index in [1.54, 1.807) is 7.11 Å². The molecule has 128 valence electrons. The molecule has 0 amide bonds. The number of benzene rings is 1. The summed E-state index contributed by atoms with van der Waals surface area (Å²) in [6, 6.07) is 7.13. The van der Waals surface area contributed by atoms with E-state index in [2.05, 4.69) is 44.8 Å². The van der Waals surface area contributed by atoms with Crippen molar-refractivity contribution in [2.45, 2.75) is 45.2 Å². The van der Waals surface area contributed by atoms with Crippen LogP contribution in [0.1, 0.15) is 38.2 Å². The average Bonchev–Trinajstić information content (AvgIpc) is 2.57. The second-order valence-electron chi connectivity index (χ2n) is 7.18. The van der Waals surface area contributed by atoms with Crippen molar-refractivity contribution in [2.24, 2.45) is 5.92 Å². The van der Waals surface area contributed by atoms with Gasteiger partial charge in [-0.05, 0) is 49.8 Å². The lowest BCUT2D eigenvalue weighted by atomic mass is 9.86. The molecule has 3 nitrogen and oxygen atoms in total. The molecule has 1 aliphatic heterocycles. The van der Waals surface area contributed by atoms with Crippen molar-refractivity contribution < 1.29 is 4.74 Å². The lowest BCUT2D eigenvalue weighted by Gasteiger charge is -2.41. The fourth-order valence-electron chi connectivity index (χ4n) is 4.01. The number of methoxy groups -OCH3 is 1. The Morgan fingerprint density at radius 1 is 1.09 bits per heavy atom. The standard InChI is InChI=1S/C19H29BrN2O/c1-15-3-6-18(7-4-15)22-11-9-21(10-12-22)14-16-13-17(20)5-8-19(16)23-2/h5,8,13,15,18H,3-4,6-7,9-12,14H2,1-2H3. The summed E-state index contributed by atoms with van der Waals surface area (Å²) in [7, 11) is 1.76. The van der Waals surface area contributed by atoms with Gasteiger partial charge in [-0.2, -0.15) is 0 Å². The van der Waals surface area contributed by atoms with Crippen LogP contribution in [0.3, 0.4) is 0 Å². The van der Waals surface area contributed by atoms with E-state index in [0.717, 1.165) is 28.7 Å². The van der Waals surface area contributed by atoms with Gasteiger partial charge in [-0.3, -0.25) is 9.80 Å². The van der Waals surface area contributed by atoms with Gasteiger partial charge in [-0.1, -0.05) is 22.9 Å². The molecular formula is C19H29BrN2O. The Morgan fingerprint density at radius 3 is 2.43 bits per heavy atom. The minimum absolute atomic E-state index is 0.841. The van der Waals surface area contributed by atoms with Crippen molar-refractivity contribution in [1.29, 1.82) is 0 Å². The van der Waals surface area contributed by atoms with Crippen LogP contribution >= 0.6 is 15.9 Å². The van der Waals surface area contributed by atoms with E-state index < -0.39 is 0 Å². The van der Waals surface area contributed by atoms with Crippen LogP contribution in [0.25, 0.3) is 0 Å². The Bertz CT molecular complexity index is 506. The van der Waals surface area contributed by atoms with E-state index in [1.165, 1.54) is 57.4 Å². The highest BCUT2D eigenvalue weighted by atomic mass is 79.9. The molecule has 1 aromatic carbocycles. The SMILES string of the molecule is COc1ccc(Br)cc1CN1CCN(C2CCC(C)CC2)CC1. The molecule has 0 unspecified atom stereocenters. The van der Waals surface area contributed by atoms with Crippen LogP contribution in [0.2, 0.25) is 0 Å². The topological polar surface area (TPSA) is 15.7 Å². The van der Waals surface area contributed by atoms with Gasteiger partial charge in [-0.25, -0.2) is 0 Å². The summed E-state index contributed by atoms with van der Waals surface area (Å²) in [4.78, 5) is 5.30. The predicted octanol–water partition coefficient (Wildman–Crippen LogP) is 4.15. The summed E-state index contributed by atoms with van der Waals surface area (Å²) in [6.07, 6.45) is 5.64. The maximum Gasteiger partial charge on any atom is 0.123 e. The molecule has 4 heteroatoms. The molecule has 1 heterocycles. The molecule has 0 aromatic heterocycles. The lowest BCUT2D eigenvalue weighted by Crippen LogP contribution is -2.50. The van der Waals surface area contributed by atoms with Crippen molar-refractivity contribution in [1.82, 2.24) is 9.80 Å². The third kappa shape index (κ3) is 4.49. The minimum Gasteiger partial charge on any atom is -0.496 e. The normalized spacial score (nSPS) is 27.1. The van der Waals surface area contributed by atoms with Crippen molar-refractivity contribution >= 4 is 15.9 Å². The van der Waals surface area contributed by atoms with Crippen molar-refractivity contribution in [3.8, 4) is 5.75 Å². The second-order valence-corrected chi connectivity index (χ2v) is 8.10. The van der Waals surface area contributed by atoms with Gasteiger partial charge < -0.3 is 4.74 Å². The van der Waals surface area contributed by atoms with Crippen LogP contribution in [-0.2, 0) is 6.54 Å². The number of piperazine rings is 1. The van der Waals surface area contributed by atoms with Crippen molar-refractivity contribution in [3.05, 3.63) is 28.2 Å². The zero-order valence-electron chi connectivity index (χ0n) is 14.4. The number of hydrogen-bond acceptors (Lipinski definition) is 3. The Kier molecular flexibility index (Phi) is 6.00. The zero-order valence-corrected chi connectivity index (χ0v) is 16.0. The quantitative estimate of drug-likeness (QED) is 0.779. The fourth-order valence-corrected chi connectivity index (χ4v) is 4.41. The summed E-state index contributed by atoms with van der Waals surface area (Å²) >= 11 is 3.57. The van der Waals surface area contributed by atoms with E-state index in [4.69, 9.17) is 4.74 Å². The molecule has 0 N–H and O–H groups in total. The summed E-state index contributed by atoms with van der Waals surface area (Å²) < 4.78 is 6.64. The maximum atomic E-state index is 5.51. The van der Waals surface area contributed by atoms with E-state index >= 15 is 0 Å². The molecule has 3 rings (SSSR count). The van der Waals surface area contributed by atoms with E-state index in [1.807, 2.05) is 6.07 Å². The van der Waals surface area contributed by atoms with Crippen LogP contribution in [-0.4, -0.2) is 49.1 Å². The van der Waals surface area contributed by atoms with Crippen molar-refractivity contribution in [3.63, 3.8) is 0 Å². The van der Waals surface area contributed by atoms with Crippen LogP contribution in [0.15, 0.2) is 22.7 Å². The Balaban J connectivity index is 1.52. The van der Waals surface area contributed by atoms with Gasteiger partial charge >= 0.3 is 0 Å². The molecule has 1 saturated carbocycles. The maximum absolute atomic E-state index is 5.51. The van der Waals surface area contributed by atoms with Gasteiger partial charge in [0, 0.05) is 48.8 Å². The summed E-state index contributed by atoms with van der Waals surface area (Å²) in [6.45, 7) is 8.16. The average molecular weight is 381 g/mol.